The fourth-order valence-electron chi connectivity index (χ4n) is 3.91. The number of hydrogen-bond donors (Lipinski definition) is 1. The summed E-state index contributed by atoms with van der Waals surface area (Å²) < 4.78 is 13.8. The molecule has 1 aromatic carbocycles. The average molecular weight is 329 g/mol. The minimum atomic E-state index is -0.431. The fraction of sp³-hybridized carbons (Fsp3) is 0.471. The van der Waals surface area contributed by atoms with Gasteiger partial charge in [0.05, 0.1) is 23.6 Å². The van der Waals surface area contributed by atoms with Gasteiger partial charge in [0, 0.05) is 12.6 Å². The maximum Gasteiger partial charge on any atom is 0.256 e. The number of amides is 1. The van der Waals surface area contributed by atoms with E-state index in [0.29, 0.717) is 29.6 Å². The van der Waals surface area contributed by atoms with Crippen LogP contribution in [0.3, 0.4) is 0 Å². The molecule has 3 heterocycles. The van der Waals surface area contributed by atoms with Crippen molar-refractivity contribution in [1.82, 2.24) is 25.2 Å². The second-order valence-electron chi connectivity index (χ2n) is 6.70. The summed E-state index contributed by atoms with van der Waals surface area (Å²) in [4.78, 5) is 16.4. The van der Waals surface area contributed by atoms with Crippen LogP contribution in [-0.4, -0.2) is 51.5 Å². The molecule has 2 aromatic rings. The first-order valence-electron chi connectivity index (χ1n) is 8.31. The van der Waals surface area contributed by atoms with Crippen LogP contribution in [-0.2, 0) is 0 Å². The van der Waals surface area contributed by atoms with E-state index < -0.39 is 5.82 Å². The number of carbonyl (C=O) groups excluding carboxylic acids is 1. The molecule has 24 heavy (non-hydrogen) atoms. The number of rotatable bonds is 2. The van der Waals surface area contributed by atoms with E-state index in [9.17, 15) is 9.18 Å². The van der Waals surface area contributed by atoms with Gasteiger partial charge in [-0.15, -0.1) is 0 Å². The third-order valence-corrected chi connectivity index (χ3v) is 5.17. The number of nitrogens with zero attached hydrogens (tertiary/aromatic N) is 4. The molecule has 2 saturated heterocycles. The van der Waals surface area contributed by atoms with E-state index in [4.69, 9.17) is 0 Å². The number of piperidine rings is 1. The Hall–Kier alpha value is -2.28. The Bertz CT molecular complexity index is 747. The van der Waals surface area contributed by atoms with E-state index >= 15 is 0 Å². The molecule has 4 rings (SSSR count). The second kappa shape index (κ2) is 5.98. The molecule has 0 saturated carbocycles. The molecule has 126 valence electrons. The van der Waals surface area contributed by atoms with Crippen molar-refractivity contribution in [2.24, 2.45) is 11.8 Å². The Kier molecular flexibility index (Phi) is 3.80. The predicted octanol–water partition coefficient (Wildman–Crippen LogP) is 1.48. The number of carbonyl (C=O) groups is 1. The zero-order valence-corrected chi connectivity index (χ0v) is 13.5. The molecule has 0 radical (unpaired) electrons. The van der Waals surface area contributed by atoms with Crippen LogP contribution in [0.5, 0.6) is 0 Å². The van der Waals surface area contributed by atoms with Crippen molar-refractivity contribution in [1.29, 1.82) is 0 Å². The van der Waals surface area contributed by atoms with Crippen LogP contribution in [0.15, 0.2) is 30.6 Å². The normalized spacial score (nSPS) is 26.4. The summed E-state index contributed by atoms with van der Waals surface area (Å²) in [5.74, 6) is 0.521. The number of hydrogen-bond acceptors (Lipinski definition) is 4. The number of halogens is 1. The summed E-state index contributed by atoms with van der Waals surface area (Å²) >= 11 is 0. The van der Waals surface area contributed by atoms with Crippen LogP contribution >= 0.6 is 0 Å². The lowest BCUT2D eigenvalue weighted by atomic mass is 9.84. The Morgan fingerprint density at radius 3 is 2.79 bits per heavy atom. The number of benzene rings is 1. The van der Waals surface area contributed by atoms with Gasteiger partial charge in [0.2, 0.25) is 0 Å². The van der Waals surface area contributed by atoms with Crippen LogP contribution in [0.25, 0.3) is 5.69 Å². The lowest BCUT2D eigenvalue weighted by molar-refractivity contribution is 0.0505. The molecule has 2 fully saturated rings. The van der Waals surface area contributed by atoms with Crippen LogP contribution in [0.2, 0.25) is 0 Å². The van der Waals surface area contributed by atoms with Gasteiger partial charge in [-0.2, -0.15) is 15.0 Å². The van der Waals surface area contributed by atoms with Gasteiger partial charge < -0.3 is 10.2 Å². The highest BCUT2D eigenvalue weighted by Gasteiger charge is 2.39. The highest BCUT2D eigenvalue weighted by atomic mass is 19.1. The van der Waals surface area contributed by atoms with Gasteiger partial charge >= 0.3 is 0 Å². The Morgan fingerprint density at radius 2 is 2.00 bits per heavy atom. The smallest absolute Gasteiger partial charge is 0.256 e. The Labute approximate surface area is 139 Å². The monoisotopic (exact) mass is 329 g/mol. The van der Waals surface area contributed by atoms with E-state index in [0.717, 1.165) is 19.5 Å². The van der Waals surface area contributed by atoms with Crippen molar-refractivity contribution in [2.45, 2.75) is 19.4 Å². The van der Waals surface area contributed by atoms with Crippen molar-refractivity contribution >= 4 is 5.91 Å². The number of likely N-dealkylation sites (tertiary alicyclic amines) is 1. The highest BCUT2D eigenvalue weighted by Crippen LogP contribution is 2.32. The largest absolute Gasteiger partial charge is 0.336 e. The van der Waals surface area contributed by atoms with Gasteiger partial charge in [0.25, 0.3) is 5.91 Å². The third-order valence-electron chi connectivity index (χ3n) is 5.17. The van der Waals surface area contributed by atoms with Crippen LogP contribution in [0.1, 0.15) is 23.7 Å². The van der Waals surface area contributed by atoms with Crippen molar-refractivity contribution in [3.05, 3.63) is 42.0 Å². The quantitative estimate of drug-likeness (QED) is 0.906. The minimum absolute atomic E-state index is 0.139. The molecular formula is C17H20FN5O. The molecule has 1 amide bonds. The van der Waals surface area contributed by atoms with Crippen LogP contribution < -0.4 is 5.32 Å². The fourth-order valence-corrected chi connectivity index (χ4v) is 3.91. The van der Waals surface area contributed by atoms with Crippen molar-refractivity contribution < 1.29 is 9.18 Å². The maximum absolute atomic E-state index is 13.8. The summed E-state index contributed by atoms with van der Waals surface area (Å²) in [5, 5.41) is 11.6. The topological polar surface area (TPSA) is 63.1 Å². The standard InChI is InChI=1S/C17H20FN5O/c1-11-6-12-8-19-9-13(12)10-22(11)17(24)15-7-14(18)2-3-16(15)23-20-4-5-21-23/h2-5,7,11-13,19H,6,8-10H2,1H3/t11-,12+,13+/m1/s1. The number of fused-ring (bicyclic) bond motifs is 1. The summed E-state index contributed by atoms with van der Waals surface area (Å²) in [6.45, 7) is 4.75. The molecule has 0 spiro atoms. The lowest BCUT2D eigenvalue weighted by Crippen LogP contribution is -2.48. The van der Waals surface area contributed by atoms with Crippen molar-refractivity contribution in [2.75, 3.05) is 19.6 Å². The molecule has 1 N–H and O–H groups in total. The maximum atomic E-state index is 13.8. The lowest BCUT2D eigenvalue weighted by Gasteiger charge is -2.40. The summed E-state index contributed by atoms with van der Waals surface area (Å²) in [6.07, 6.45) is 4.06. The highest BCUT2D eigenvalue weighted by molar-refractivity contribution is 5.98. The molecule has 6 nitrogen and oxygen atoms in total. The van der Waals surface area contributed by atoms with Gasteiger partial charge in [-0.05, 0) is 56.5 Å². The van der Waals surface area contributed by atoms with Gasteiger partial charge in [0.15, 0.2) is 0 Å². The molecule has 0 aliphatic carbocycles. The van der Waals surface area contributed by atoms with Crippen LogP contribution in [0, 0.1) is 17.7 Å². The molecule has 3 atom stereocenters. The molecule has 2 aliphatic heterocycles. The first-order chi connectivity index (χ1) is 11.6. The molecule has 1 aromatic heterocycles. The van der Waals surface area contributed by atoms with E-state index in [2.05, 4.69) is 22.4 Å². The molecular weight excluding hydrogens is 309 g/mol. The zero-order valence-electron chi connectivity index (χ0n) is 13.5. The average Bonchev–Trinajstić information content (AvgIpc) is 3.24. The van der Waals surface area contributed by atoms with E-state index in [1.54, 1.807) is 6.07 Å². The van der Waals surface area contributed by atoms with Gasteiger partial charge in [-0.25, -0.2) is 4.39 Å². The van der Waals surface area contributed by atoms with E-state index in [-0.39, 0.29) is 11.9 Å². The minimum Gasteiger partial charge on any atom is -0.336 e. The van der Waals surface area contributed by atoms with Gasteiger partial charge in [-0.3, -0.25) is 4.79 Å². The molecule has 7 heteroatoms. The van der Waals surface area contributed by atoms with E-state index in [1.165, 1.54) is 29.3 Å². The number of nitrogens with one attached hydrogen (secondary N) is 1. The summed E-state index contributed by atoms with van der Waals surface area (Å²) in [6, 6.07) is 4.30. The molecule has 0 unspecified atom stereocenters. The van der Waals surface area contributed by atoms with Gasteiger partial charge in [0.1, 0.15) is 5.82 Å². The van der Waals surface area contributed by atoms with Crippen molar-refractivity contribution in [3.8, 4) is 5.69 Å². The first-order valence-corrected chi connectivity index (χ1v) is 8.31. The van der Waals surface area contributed by atoms with Crippen LogP contribution in [0.4, 0.5) is 4.39 Å². The predicted molar refractivity (Wildman–Crippen MR) is 86.3 cm³/mol. The molecule has 2 aliphatic rings. The SMILES string of the molecule is C[C@@H]1C[C@H]2CNC[C@H]2CN1C(=O)c1cc(F)ccc1-n1nccn1. The second-order valence-corrected chi connectivity index (χ2v) is 6.70. The van der Waals surface area contributed by atoms with E-state index in [1.807, 2.05) is 4.90 Å². The third kappa shape index (κ3) is 2.58. The first kappa shape index (κ1) is 15.3. The Balaban J connectivity index is 1.68. The van der Waals surface area contributed by atoms with Crippen molar-refractivity contribution in [3.63, 3.8) is 0 Å². The summed E-state index contributed by atoms with van der Waals surface area (Å²) in [7, 11) is 0. The van der Waals surface area contributed by atoms with Gasteiger partial charge in [-0.1, -0.05) is 0 Å². The molecule has 0 bridgehead atoms. The number of aromatic nitrogens is 3. The zero-order chi connectivity index (χ0) is 16.7. The summed E-state index contributed by atoms with van der Waals surface area (Å²) in [5.41, 5.74) is 0.813. The Morgan fingerprint density at radius 1 is 1.25 bits per heavy atom.